The normalized spacial score (nSPS) is 10.2. The molecular formula is C13H16BrNO. The van der Waals surface area contributed by atoms with Gasteiger partial charge in [0.1, 0.15) is 5.75 Å². The lowest BCUT2D eigenvalue weighted by Gasteiger charge is -2.14. The van der Waals surface area contributed by atoms with Crippen molar-refractivity contribution in [2.75, 3.05) is 6.61 Å². The molecule has 1 aromatic rings. The molecule has 0 aliphatic carbocycles. The van der Waals surface area contributed by atoms with E-state index in [0.29, 0.717) is 18.9 Å². The number of benzene rings is 1. The Bertz CT molecular complexity index is 382. The summed E-state index contributed by atoms with van der Waals surface area (Å²) in [4.78, 5) is 0. The van der Waals surface area contributed by atoms with E-state index in [1.807, 2.05) is 12.1 Å². The average molecular weight is 282 g/mol. The number of nitrogens with zero attached hydrogens (tertiary/aromatic N) is 1. The molecule has 1 aromatic carbocycles. The predicted octanol–water partition coefficient (Wildman–Crippen LogP) is 4.26. The van der Waals surface area contributed by atoms with E-state index in [2.05, 4.69) is 41.9 Å². The van der Waals surface area contributed by atoms with Crippen molar-refractivity contribution in [2.24, 2.45) is 0 Å². The van der Waals surface area contributed by atoms with Crippen LogP contribution in [0.1, 0.15) is 38.2 Å². The van der Waals surface area contributed by atoms with Gasteiger partial charge in [-0.2, -0.15) is 5.26 Å². The molecule has 86 valence electrons. The van der Waals surface area contributed by atoms with Crippen LogP contribution in [0.3, 0.4) is 0 Å². The summed E-state index contributed by atoms with van der Waals surface area (Å²) in [5.74, 6) is 1.36. The second-order valence-electron chi connectivity index (χ2n) is 3.95. The number of rotatable bonds is 5. The Morgan fingerprint density at radius 2 is 2.19 bits per heavy atom. The first-order valence-electron chi connectivity index (χ1n) is 5.44. The monoisotopic (exact) mass is 281 g/mol. The predicted molar refractivity (Wildman–Crippen MR) is 68.6 cm³/mol. The molecule has 0 spiro atoms. The number of halogens is 1. The number of ether oxygens (including phenoxy) is 1. The van der Waals surface area contributed by atoms with Crippen LogP contribution < -0.4 is 4.74 Å². The maximum atomic E-state index is 8.43. The summed E-state index contributed by atoms with van der Waals surface area (Å²) in [6.45, 7) is 4.89. The fourth-order valence-electron chi connectivity index (χ4n) is 1.44. The van der Waals surface area contributed by atoms with E-state index in [9.17, 15) is 0 Å². The van der Waals surface area contributed by atoms with E-state index in [1.165, 1.54) is 5.56 Å². The molecule has 0 heterocycles. The highest BCUT2D eigenvalue weighted by atomic mass is 79.9. The molecule has 0 atom stereocenters. The van der Waals surface area contributed by atoms with Crippen LogP contribution in [0.15, 0.2) is 22.7 Å². The summed E-state index contributed by atoms with van der Waals surface area (Å²) in [7, 11) is 0. The van der Waals surface area contributed by atoms with Gasteiger partial charge in [0.05, 0.1) is 12.7 Å². The first kappa shape index (κ1) is 13.1. The average Bonchev–Trinajstić information content (AvgIpc) is 2.26. The van der Waals surface area contributed by atoms with E-state index in [-0.39, 0.29) is 0 Å². The smallest absolute Gasteiger partial charge is 0.122 e. The zero-order valence-electron chi connectivity index (χ0n) is 9.66. The van der Waals surface area contributed by atoms with Crippen LogP contribution in [0, 0.1) is 11.3 Å². The van der Waals surface area contributed by atoms with E-state index in [1.54, 1.807) is 0 Å². The van der Waals surface area contributed by atoms with Crippen molar-refractivity contribution in [3.05, 3.63) is 28.2 Å². The van der Waals surface area contributed by atoms with Crippen LogP contribution >= 0.6 is 15.9 Å². The van der Waals surface area contributed by atoms with Crippen LogP contribution in [-0.2, 0) is 0 Å². The molecule has 0 bridgehead atoms. The van der Waals surface area contributed by atoms with E-state index < -0.39 is 0 Å². The summed E-state index contributed by atoms with van der Waals surface area (Å²) in [5, 5.41) is 8.43. The maximum absolute atomic E-state index is 8.43. The Balaban J connectivity index is 2.68. The number of hydrogen-bond acceptors (Lipinski definition) is 2. The van der Waals surface area contributed by atoms with Gasteiger partial charge in [0.15, 0.2) is 0 Å². The molecule has 0 saturated heterocycles. The number of hydrogen-bond donors (Lipinski definition) is 0. The zero-order valence-corrected chi connectivity index (χ0v) is 11.3. The van der Waals surface area contributed by atoms with Crippen LogP contribution in [-0.4, -0.2) is 6.61 Å². The molecule has 2 nitrogen and oxygen atoms in total. The zero-order chi connectivity index (χ0) is 12.0. The van der Waals surface area contributed by atoms with Crippen molar-refractivity contribution in [2.45, 2.75) is 32.6 Å². The lowest BCUT2D eigenvalue weighted by molar-refractivity contribution is 0.308. The molecule has 0 saturated carbocycles. The number of nitriles is 1. The molecule has 0 fully saturated rings. The van der Waals surface area contributed by atoms with Gasteiger partial charge in [-0.1, -0.05) is 29.8 Å². The van der Waals surface area contributed by atoms with Crippen LogP contribution in [0.25, 0.3) is 0 Å². The summed E-state index contributed by atoms with van der Waals surface area (Å²) in [5.41, 5.74) is 1.20. The topological polar surface area (TPSA) is 33.0 Å². The van der Waals surface area contributed by atoms with Gasteiger partial charge in [0, 0.05) is 10.9 Å². The lowest BCUT2D eigenvalue weighted by Crippen LogP contribution is -2.01. The highest BCUT2D eigenvalue weighted by Crippen LogP contribution is 2.29. The van der Waals surface area contributed by atoms with Gasteiger partial charge in [-0.3, -0.25) is 0 Å². The van der Waals surface area contributed by atoms with Crippen molar-refractivity contribution in [3.8, 4) is 11.8 Å². The quantitative estimate of drug-likeness (QED) is 0.756. The molecule has 0 aromatic heterocycles. The fourth-order valence-corrected chi connectivity index (χ4v) is 1.81. The SMILES string of the molecule is CC(C)c1cc(Br)ccc1OCCCC#N. The third-order valence-corrected chi connectivity index (χ3v) is 2.78. The Labute approximate surface area is 105 Å². The van der Waals surface area contributed by atoms with Gasteiger partial charge < -0.3 is 4.74 Å². The van der Waals surface area contributed by atoms with Gasteiger partial charge in [-0.05, 0) is 36.1 Å². The summed E-state index contributed by atoms with van der Waals surface area (Å²) in [6.07, 6.45) is 1.33. The van der Waals surface area contributed by atoms with Gasteiger partial charge in [-0.25, -0.2) is 0 Å². The first-order chi connectivity index (χ1) is 7.65. The Kier molecular flexibility index (Phi) is 5.34. The van der Waals surface area contributed by atoms with Crippen LogP contribution in [0.4, 0.5) is 0 Å². The molecule has 0 amide bonds. The number of unbranched alkanes of at least 4 members (excludes halogenated alkanes) is 1. The molecule has 0 aliphatic rings. The Morgan fingerprint density at radius 3 is 2.81 bits per heavy atom. The summed E-state index contributed by atoms with van der Waals surface area (Å²) >= 11 is 3.46. The standard InChI is InChI=1S/C13H16BrNO/c1-10(2)12-9-11(14)5-6-13(12)16-8-4-3-7-15/h5-6,9-10H,3-4,8H2,1-2H3. The van der Waals surface area contributed by atoms with Crippen molar-refractivity contribution >= 4 is 15.9 Å². The van der Waals surface area contributed by atoms with Gasteiger partial charge in [-0.15, -0.1) is 0 Å². The van der Waals surface area contributed by atoms with E-state index in [0.717, 1.165) is 16.6 Å². The molecule has 1 rings (SSSR count). The summed E-state index contributed by atoms with van der Waals surface area (Å²) in [6, 6.07) is 8.16. The fraction of sp³-hybridized carbons (Fsp3) is 0.462. The van der Waals surface area contributed by atoms with Crippen LogP contribution in [0.2, 0.25) is 0 Å². The Hall–Kier alpha value is -1.01. The molecular weight excluding hydrogens is 266 g/mol. The third kappa shape index (κ3) is 3.86. The summed E-state index contributed by atoms with van der Waals surface area (Å²) < 4.78 is 6.75. The molecule has 0 N–H and O–H groups in total. The van der Waals surface area contributed by atoms with Crippen molar-refractivity contribution in [1.82, 2.24) is 0 Å². The van der Waals surface area contributed by atoms with Gasteiger partial charge >= 0.3 is 0 Å². The second-order valence-corrected chi connectivity index (χ2v) is 4.86. The molecule has 0 radical (unpaired) electrons. The van der Waals surface area contributed by atoms with E-state index in [4.69, 9.17) is 10.00 Å². The van der Waals surface area contributed by atoms with Gasteiger partial charge in [0.2, 0.25) is 0 Å². The van der Waals surface area contributed by atoms with Crippen molar-refractivity contribution in [3.63, 3.8) is 0 Å². The molecule has 3 heteroatoms. The van der Waals surface area contributed by atoms with Crippen molar-refractivity contribution in [1.29, 1.82) is 5.26 Å². The maximum Gasteiger partial charge on any atom is 0.122 e. The minimum absolute atomic E-state index is 0.434. The van der Waals surface area contributed by atoms with Gasteiger partial charge in [0.25, 0.3) is 0 Å². The third-order valence-electron chi connectivity index (χ3n) is 2.28. The highest BCUT2D eigenvalue weighted by Gasteiger charge is 2.08. The second kappa shape index (κ2) is 6.55. The van der Waals surface area contributed by atoms with Crippen molar-refractivity contribution < 1.29 is 4.74 Å². The first-order valence-corrected chi connectivity index (χ1v) is 6.23. The molecule has 0 aliphatic heterocycles. The minimum Gasteiger partial charge on any atom is -0.493 e. The highest BCUT2D eigenvalue weighted by molar-refractivity contribution is 9.10. The van der Waals surface area contributed by atoms with E-state index >= 15 is 0 Å². The molecule has 0 unspecified atom stereocenters. The molecule has 16 heavy (non-hydrogen) atoms. The lowest BCUT2D eigenvalue weighted by atomic mass is 10.0. The minimum atomic E-state index is 0.434. The Morgan fingerprint density at radius 1 is 1.44 bits per heavy atom. The van der Waals surface area contributed by atoms with Crippen LogP contribution in [0.5, 0.6) is 5.75 Å². The largest absolute Gasteiger partial charge is 0.493 e.